The summed E-state index contributed by atoms with van der Waals surface area (Å²) in [6.45, 7) is 3.25. The Bertz CT molecular complexity index is 1490. The van der Waals surface area contributed by atoms with Gasteiger partial charge in [0.1, 0.15) is 17.2 Å². The van der Waals surface area contributed by atoms with E-state index in [0.29, 0.717) is 36.1 Å². The lowest BCUT2D eigenvalue weighted by molar-refractivity contribution is -0.120. The van der Waals surface area contributed by atoms with Gasteiger partial charge in [-0.05, 0) is 62.1 Å². The fraction of sp³-hybridized carbons (Fsp3) is 0.259. The molecular formula is C27H28FN5O4. The number of amides is 3. The number of rotatable bonds is 8. The zero-order valence-electron chi connectivity index (χ0n) is 21.0. The van der Waals surface area contributed by atoms with E-state index in [9.17, 15) is 23.6 Å². The largest absolute Gasteiger partial charge is 0.369 e. The van der Waals surface area contributed by atoms with E-state index in [1.165, 1.54) is 42.6 Å². The van der Waals surface area contributed by atoms with Crippen LogP contribution in [0, 0.1) is 19.7 Å². The first-order chi connectivity index (χ1) is 17.5. The van der Waals surface area contributed by atoms with Crippen LogP contribution in [0.25, 0.3) is 0 Å². The van der Waals surface area contributed by atoms with Crippen molar-refractivity contribution in [2.24, 2.45) is 12.8 Å². The van der Waals surface area contributed by atoms with Crippen molar-refractivity contribution in [3.8, 4) is 0 Å². The zero-order chi connectivity index (χ0) is 27.1. The van der Waals surface area contributed by atoms with Crippen molar-refractivity contribution in [2.45, 2.75) is 32.1 Å². The van der Waals surface area contributed by atoms with Gasteiger partial charge in [0.15, 0.2) is 0 Å². The van der Waals surface area contributed by atoms with E-state index in [0.717, 1.165) is 0 Å². The second-order valence-corrected chi connectivity index (χ2v) is 9.22. The van der Waals surface area contributed by atoms with Gasteiger partial charge in [0.25, 0.3) is 11.5 Å². The summed E-state index contributed by atoms with van der Waals surface area (Å²) >= 11 is 0. The highest BCUT2D eigenvalue weighted by Crippen LogP contribution is 2.49. The molecule has 10 heteroatoms. The molecule has 4 rings (SSSR count). The minimum Gasteiger partial charge on any atom is -0.369 e. The van der Waals surface area contributed by atoms with Gasteiger partial charge in [0, 0.05) is 25.3 Å². The number of nitrogens with one attached hydrogen (secondary N) is 2. The van der Waals surface area contributed by atoms with Crippen molar-refractivity contribution in [3.63, 3.8) is 0 Å². The van der Waals surface area contributed by atoms with E-state index < -0.39 is 28.6 Å². The average Bonchev–Trinajstić information content (AvgIpc) is 3.69. The third kappa shape index (κ3) is 4.35. The number of carbonyl (C=O) groups excluding carboxylic acids is 3. The molecule has 0 unspecified atom stereocenters. The Balaban J connectivity index is 1.96. The predicted octanol–water partition coefficient (Wildman–Crippen LogP) is 3.06. The summed E-state index contributed by atoms with van der Waals surface area (Å²) in [5.41, 5.74) is 6.22. The highest BCUT2D eigenvalue weighted by Gasteiger charge is 2.50. The first-order valence-electron chi connectivity index (χ1n) is 11.7. The van der Waals surface area contributed by atoms with Crippen LogP contribution in [0.4, 0.5) is 27.3 Å². The lowest BCUT2D eigenvalue weighted by atomic mass is 9.94. The second kappa shape index (κ2) is 9.53. The van der Waals surface area contributed by atoms with Crippen molar-refractivity contribution in [1.82, 2.24) is 9.88 Å². The molecule has 9 nitrogen and oxygen atoms in total. The van der Waals surface area contributed by atoms with Crippen molar-refractivity contribution in [3.05, 3.63) is 80.9 Å². The predicted molar refractivity (Wildman–Crippen MR) is 139 cm³/mol. The maximum Gasteiger partial charge on any atom is 0.256 e. The fourth-order valence-corrected chi connectivity index (χ4v) is 4.56. The Kier molecular flexibility index (Phi) is 6.60. The molecule has 2 aromatic carbocycles. The number of hydrogen-bond acceptors (Lipinski definition) is 5. The summed E-state index contributed by atoms with van der Waals surface area (Å²) in [5.74, 6) is -1.61. The van der Waals surface area contributed by atoms with E-state index in [1.54, 1.807) is 37.3 Å². The molecule has 37 heavy (non-hydrogen) atoms. The number of carbonyl (C=O) groups is 3. The van der Waals surface area contributed by atoms with Crippen LogP contribution >= 0.6 is 0 Å². The molecule has 1 saturated carbocycles. The maximum absolute atomic E-state index is 14.7. The molecule has 0 aliphatic heterocycles. The Labute approximate surface area is 213 Å². The normalized spacial score (nSPS) is 13.5. The molecule has 3 aromatic rings. The number of hydrogen-bond donors (Lipinski definition) is 3. The Morgan fingerprint density at radius 1 is 1.16 bits per heavy atom. The molecule has 1 aromatic heterocycles. The van der Waals surface area contributed by atoms with Gasteiger partial charge in [-0.3, -0.25) is 28.6 Å². The summed E-state index contributed by atoms with van der Waals surface area (Å²) in [6.07, 6.45) is 1.68. The second-order valence-electron chi connectivity index (χ2n) is 9.22. The van der Waals surface area contributed by atoms with Gasteiger partial charge in [0.05, 0.1) is 16.8 Å². The molecule has 1 heterocycles. The SMILES string of the molecule is CNC(=O)c1c(N(C=O)c2cccc(C3(C(N)=O)CC3)c2)c(C)c(=O)n(C)c1Nc1ccc(C)cc1F. The number of anilines is 4. The van der Waals surface area contributed by atoms with Gasteiger partial charge in [-0.15, -0.1) is 0 Å². The molecular weight excluding hydrogens is 477 g/mol. The Morgan fingerprint density at radius 2 is 1.86 bits per heavy atom. The average molecular weight is 506 g/mol. The standard InChI is InChI=1S/C27H28FN5O4/c1-15-8-9-20(19(28)12-15)31-23-21(24(35)30-3)22(16(2)25(36)32(23)4)33(14-34)18-7-5-6-17(13-18)27(10-11-27)26(29)37/h5-9,12-14,31H,10-11H2,1-4H3,(H2,29,37)(H,30,35). The van der Waals surface area contributed by atoms with Crippen LogP contribution in [0.5, 0.6) is 0 Å². The van der Waals surface area contributed by atoms with Crippen molar-refractivity contribution in [2.75, 3.05) is 17.3 Å². The highest BCUT2D eigenvalue weighted by atomic mass is 19.1. The smallest absolute Gasteiger partial charge is 0.256 e. The van der Waals surface area contributed by atoms with Crippen LogP contribution in [0.3, 0.4) is 0 Å². The van der Waals surface area contributed by atoms with Gasteiger partial charge < -0.3 is 16.4 Å². The zero-order valence-corrected chi connectivity index (χ0v) is 21.0. The number of halogens is 1. The van der Waals surface area contributed by atoms with Crippen LogP contribution in [0.15, 0.2) is 47.3 Å². The first-order valence-corrected chi connectivity index (χ1v) is 11.7. The number of pyridine rings is 1. The Hall–Kier alpha value is -4.47. The van der Waals surface area contributed by atoms with Crippen molar-refractivity contribution < 1.29 is 18.8 Å². The third-order valence-electron chi connectivity index (χ3n) is 6.87. The minimum atomic E-state index is -0.800. The van der Waals surface area contributed by atoms with Crippen LogP contribution in [-0.2, 0) is 22.1 Å². The molecule has 1 fully saturated rings. The van der Waals surface area contributed by atoms with E-state index in [4.69, 9.17) is 5.73 Å². The quantitative estimate of drug-likeness (QED) is 0.406. The molecule has 4 N–H and O–H groups in total. The van der Waals surface area contributed by atoms with Gasteiger partial charge in [0.2, 0.25) is 12.3 Å². The molecule has 1 aliphatic rings. The van der Waals surface area contributed by atoms with Crippen LogP contribution in [-0.4, -0.2) is 29.8 Å². The van der Waals surface area contributed by atoms with Crippen molar-refractivity contribution >= 4 is 41.1 Å². The number of primary amides is 1. The van der Waals surface area contributed by atoms with E-state index in [-0.39, 0.29) is 28.3 Å². The lowest BCUT2D eigenvalue weighted by Crippen LogP contribution is -2.33. The lowest BCUT2D eigenvalue weighted by Gasteiger charge is -2.27. The summed E-state index contributed by atoms with van der Waals surface area (Å²) in [5, 5.41) is 5.42. The molecule has 0 atom stereocenters. The van der Waals surface area contributed by atoms with Crippen molar-refractivity contribution in [1.29, 1.82) is 0 Å². The Morgan fingerprint density at radius 3 is 2.43 bits per heavy atom. The number of nitrogens with zero attached hydrogens (tertiary/aromatic N) is 2. The van der Waals surface area contributed by atoms with E-state index in [2.05, 4.69) is 10.6 Å². The minimum absolute atomic E-state index is 0.00602. The number of benzene rings is 2. The van der Waals surface area contributed by atoms with E-state index in [1.807, 2.05) is 0 Å². The van der Waals surface area contributed by atoms with Gasteiger partial charge in [-0.1, -0.05) is 18.2 Å². The molecule has 192 valence electrons. The molecule has 0 radical (unpaired) electrons. The fourth-order valence-electron chi connectivity index (χ4n) is 4.56. The molecule has 0 bridgehead atoms. The summed E-state index contributed by atoms with van der Waals surface area (Å²) in [4.78, 5) is 52.3. The first kappa shape index (κ1) is 25.6. The summed E-state index contributed by atoms with van der Waals surface area (Å²) in [6, 6.07) is 11.2. The molecule has 0 saturated heterocycles. The number of aryl methyl sites for hydroxylation is 1. The molecule has 3 amide bonds. The highest BCUT2D eigenvalue weighted by molar-refractivity contribution is 6.09. The maximum atomic E-state index is 14.7. The molecule has 0 spiro atoms. The van der Waals surface area contributed by atoms with E-state index >= 15 is 0 Å². The van der Waals surface area contributed by atoms with Gasteiger partial charge >= 0.3 is 0 Å². The number of aromatic nitrogens is 1. The summed E-state index contributed by atoms with van der Waals surface area (Å²) < 4.78 is 15.9. The molecule has 1 aliphatic carbocycles. The topological polar surface area (TPSA) is 127 Å². The van der Waals surface area contributed by atoms with Gasteiger partial charge in [-0.25, -0.2) is 4.39 Å². The summed E-state index contributed by atoms with van der Waals surface area (Å²) in [7, 11) is 2.87. The van der Waals surface area contributed by atoms with Crippen LogP contribution < -0.4 is 26.8 Å². The van der Waals surface area contributed by atoms with Crippen LogP contribution in [0.2, 0.25) is 0 Å². The monoisotopic (exact) mass is 505 g/mol. The number of nitrogens with two attached hydrogens (primary N) is 1. The van der Waals surface area contributed by atoms with Gasteiger partial charge in [-0.2, -0.15) is 0 Å². The van der Waals surface area contributed by atoms with Crippen LogP contribution in [0.1, 0.15) is 39.9 Å². The third-order valence-corrected chi connectivity index (χ3v) is 6.87.